The predicted molar refractivity (Wildman–Crippen MR) is 56.7 cm³/mol. The molecule has 2 N–H and O–H groups in total. The smallest absolute Gasteiger partial charge is 0.168 e. The first-order chi connectivity index (χ1) is 7.86. The fraction of sp³-hybridized carbons (Fsp3) is 0. The van der Waals surface area contributed by atoms with Crippen molar-refractivity contribution in [3.63, 3.8) is 0 Å². The van der Waals surface area contributed by atoms with Gasteiger partial charge in [0.2, 0.25) is 0 Å². The Kier molecular flexibility index (Phi) is 1.76. The Hall–Kier alpha value is -2.57. The lowest BCUT2D eigenvalue weighted by molar-refractivity contribution is 0.878. The number of hydrogen-bond acceptors (Lipinski definition) is 6. The van der Waals surface area contributed by atoms with Crippen LogP contribution in [0.4, 0.5) is 5.82 Å². The lowest BCUT2D eigenvalue weighted by Gasteiger charge is -2.00. The van der Waals surface area contributed by atoms with Gasteiger partial charge in [-0.25, -0.2) is 24.6 Å². The highest BCUT2D eigenvalue weighted by Crippen LogP contribution is 2.17. The Morgan fingerprint density at radius 1 is 1.00 bits per heavy atom. The average Bonchev–Trinajstić information content (AvgIpc) is 2.75. The second-order valence-electron chi connectivity index (χ2n) is 3.15. The van der Waals surface area contributed by atoms with Crippen molar-refractivity contribution in [2.75, 3.05) is 5.73 Å². The fourth-order valence-electron chi connectivity index (χ4n) is 1.45. The molecule has 3 heterocycles. The van der Waals surface area contributed by atoms with Crippen LogP contribution in [0.25, 0.3) is 16.7 Å². The van der Waals surface area contributed by atoms with Crippen LogP contribution in [0.5, 0.6) is 0 Å². The third kappa shape index (κ3) is 1.18. The van der Waals surface area contributed by atoms with E-state index in [9.17, 15) is 0 Å². The van der Waals surface area contributed by atoms with Gasteiger partial charge in [0, 0.05) is 0 Å². The number of fused-ring (bicyclic) bond motifs is 1. The lowest BCUT2D eigenvalue weighted by Crippen LogP contribution is -1.99. The molecule has 7 nitrogen and oxygen atoms in total. The van der Waals surface area contributed by atoms with E-state index in [0.717, 1.165) is 5.69 Å². The highest BCUT2D eigenvalue weighted by atomic mass is 15.3. The van der Waals surface area contributed by atoms with Crippen molar-refractivity contribution in [1.29, 1.82) is 0 Å². The zero-order valence-corrected chi connectivity index (χ0v) is 8.15. The normalized spacial score (nSPS) is 10.8. The van der Waals surface area contributed by atoms with Gasteiger partial charge in [0.1, 0.15) is 24.2 Å². The molecule has 78 valence electrons. The molecule has 0 aliphatic rings. The summed E-state index contributed by atoms with van der Waals surface area (Å²) in [6.07, 6.45) is 7.78. The van der Waals surface area contributed by atoms with Crippen molar-refractivity contribution in [1.82, 2.24) is 29.7 Å². The van der Waals surface area contributed by atoms with Gasteiger partial charge in [-0.2, -0.15) is 5.10 Å². The van der Waals surface area contributed by atoms with Gasteiger partial charge in [0.25, 0.3) is 0 Å². The minimum absolute atomic E-state index is 0.410. The zero-order chi connectivity index (χ0) is 11.0. The van der Waals surface area contributed by atoms with Crippen LogP contribution in [0.15, 0.2) is 31.2 Å². The molecule has 3 aromatic heterocycles. The molecule has 7 heteroatoms. The summed E-state index contributed by atoms with van der Waals surface area (Å²) in [7, 11) is 0. The number of nitrogens with zero attached hydrogens (tertiary/aromatic N) is 6. The molecule has 0 radical (unpaired) electrons. The number of nitrogen functional groups attached to an aromatic ring is 1. The summed E-state index contributed by atoms with van der Waals surface area (Å²) in [5, 5.41) is 4.89. The van der Waals surface area contributed by atoms with Gasteiger partial charge in [-0.1, -0.05) is 0 Å². The molecule has 0 spiro atoms. The topological polar surface area (TPSA) is 95.4 Å². The van der Waals surface area contributed by atoms with Gasteiger partial charge in [-0.15, -0.1) is 0 Å². The van der Waals surface area contributed by atoms with Crippen LogP contribution in [0.1, 0.15) is 0 Å². The van der Waals surface area contributed by atoms with Crippen molar-refractivity contribution in [3.8, 4) is 5.69 Å². The van der Waals surface area contributed by atoms with Crippen molar-refractivity contribution >= 4 is 16.9 Å². The van der Waals surface area contributed by atoms with E-state index in [1.54, 1.807) is 23.3 Å². The van der Waals surface area contributed by atoms with Gasteiger partial charge in [-0.05, 0) is 0 Å². The van der Waals surface area contributed by atoms with E-state index in [0.29, 0.717) is 16.9 Å². The number of anilines is 1. The number of rotatable bonds is 1. The molecule has 0 unspecified atom stereocenters. The van der Waals surface area contributed by atoms with E-state index in [2.05, 4.69) is 25.0 Å². The molecule has 0 aromatic carbocycles. The first-order valence-corrected chi connectivity index (χ1v) is 4.56. The molecule has 0 atom stereocenters. The summed E-state index contributed by atoms with van der Waals surface area (Å²) in [5.74, 6) is 0.410. The van der Waals surface area contributed by atoms with E-state index in [4.69, 9.17) is 5.73 Å². The summed E-state index contributed by atoms with van der Waals surface area (Å²) in [4.78, 5) is 15.9. The molecule has 0 amide bonds. The number of hydrogen-bond donors (Lipinski definition) is 1. The first-order valence-electron chi connectivity index (χ1n) is 4.56. The van der Waals surface area contributed by atoms with Crippen LogP contribution >= 0.6 is 0 Å². The predicted octanol–water partition coefficient (Wildman–Crippen LogP) is 0.188. The largest absolute Gasteiger partial charge is 0.383 e. The van der Waals surface area contributed by atoms with Crippen LogP contribution in [0.3, 0.4) is 0 Å². The van der Waals surface area contributed by atoms with Gasteiger partial charge in [0.05, 0.1) is 24.0 Å². The number of aromatic nitrogens is 6. The van der Waals surface area contributed by atoms with Crippen LogP contribution < -0.4 is 5.73 Å². The van der Waals surface area contributed by atoms with E-state index in [-0.39, 0.29) is 0 Å². The van der Waals surface area contributed by atoms with Gasteiger partial charge in [-0.3, -0.25) is 0 Å². The SMILES string of the molecule is Nc1ncnc2c1cnn2-c1cncnc1. The minimum atomic E-state index is 0.410. The van der Waals surface area contributed by atoms with Crippen LogP contribution in [0, 0.1) is 0 Å². The quantitative estimate of drug-likeness (QED) is 0.619. The molecular formula is C9H7N7. The van der Waals surface area contributed by atoms with Crippen molar-refractivity contribution in [3.05, 3.63) is 31.2 Å². The average molecular weight is 213 g/mol. The second-order valence-corrected chi connectivity index (χ2v) is 3.15. The second kappa shape index (κ2) is 3.23. The van der Waals surface area contributed by atoms with Crippen molar-refractivity contribution in [2.45, 2.75) is 0 Å². The van der Waals surface area contributed by atoms with Gasteiger partial charge >= 0.3 is 0 Å². The third-order valence-corrected chi connectivity index (χ3v) is 2.19. The van der Waals surface area contributed by atoms with Gasteiger partial charge < -0.3 is 5.73 Å². The summed E-state index contributed by atoms with van der Waals surface area (Å²) in [5.41, 5.74) is 7.08. The maximum Gasteiger partial charge on any atom is 0.168 e. The fourth-order valence-corrected chi connectivity index (χ4v) is 1.45. The summed E-state index contributed by atoms with van der Waals surface area (Å²) >= 11 is 0. The maximum absolute atomic E-state index is 5.71. The molecule has 3 aromatic rings. The maximum atomic E-state index is 5.71. The Morgan fingerprint density at radius 2 is 1.81 bits per heavy atom. The molecule has 0 aliphatic carbocycles. The van der Waals surface area contributed by atoms with Crippen LogP contribution in [-0.4, -0.2) is 29.7 Å². The van der Waals surface area contributed by atoms with Crippen molar-refractivity contribution in [2.24, 2.45) is 0 Å². The van der Waals surface area contributed by atoms with Crippen LogP contribution in [0.2, 0.25) is 0 Å². The Labute approximate surface area is 90.0 Å². The molecular weight excluding hydrogens is 206 g/mol. The summed E-state index contributed by atoms with van der Waals surface area (Å²) in [6, 6.07) is 0. The first kappa shape index (κ1) is 8.72. The van der Waals surface area contributed by atoms with E-state index in [1.165, 1.54) is 12.7 Å². The van der Waals surface area contributed by atoms with Crippen molar-refractivity contribution < 1.29 is 0 Å². The van der Waals surface area contributed by atoms with E-state index >= 15 is 0 Å². The molecule has 0 saturated heterocycles. The molecule has 0 bridgehead atoms. The lowest BCUT2D eigenvalue weighted by atomic mass is 10.4. The Balaban J connectivity index is 2.30. The Bertz CT molecular complexity index is 631. The van der Waals surface area contributed by atoms with Gasteiger partial charge in [0.15, 0.2) is 5.65 Å². The molecule has 0 aliphatic heterocycles. The van der Waals surface area contributed by atoms with E-state index < -0.39 is 0 Å². The summed E-state index contributed by atoms with van der Waals surface area (Å²) in [6.45, 7) is 0. The molecule has 3 rings (SSSR count). The molecule has 16 heavy (non-hydrogen) atoms. The van der Waals surface area contributed by atoms with Crippen LogP contribution in [-0.2, 0) is 0 Å². The third-order valence-electron chi connectivity index (χ3n) is 2.19. The van der Waals surface area contributed by atoms with E-state index in [1.807, 2.05) is 0 Å². The molecule has 0 saturated carbocycles. The standard InChI is InChI=1S/C9H7N7/c10-8-7-3-15-16(9(7)14-5-13-8)6-1-11-4-12-2-6/h1-5H,(H2,10,13,14). The minimum Gasteiger partial charge on any atom is -0.383 e. The highest BCUT2D eigenvalue weighted by molar-refractivity contribution is 5.85. The molecule has 0 fully saturated rings. The monoisotopic (exact) mass is 213 g/mol. The highest BCUT2D eigenvalue weighted by Gasteiger charge is 2.08. The summed E-state index contributed by atoms with van der Waals surface area (Å²) < 4.78 is 1.62. The Morgan fingerprint density at radius 3 is 2.62 bits per heavy atom. The zero-order valence-electron chi connectivity index (χ0n) is 8.15. The number of nitrogens with two attached hydrogens (primary N) is 1.